The van der Waals surface area contributed by atoms with Gasteiger partial charge >= 0.3 is 0 Å². The fraction of sp³-hybridized carbons (Fsp3) is 0.353. The maximum absolute atomic E-state index is 12.0. The normalized spacial score (nSPS) is 17.0. The second kappa shape index (κ2) is 4.74. The van der Waals surface area contributed by atoms with E-state index in [0.717, 1.165) is 43.0 Å². The number of carbonyl (C=O) groups is 1. The molecule has 0 saturated heterocycles. The van der Waals surface area contributed by atoms with Crippen molar-refractivity contribution in [2.24, 2.45) is 0 Å². The molecule has 1 aromatic carbocycles. The molecule has 0 spiro atoms. The van der Waals surface area contributed by atoms with Gasteiger partial charge in [-0.15, -0.1) is 0 Å². The third kappa shape index (κ3) is 1.98. The lowest BCUT2D eigenvalue weighted by Gasteiger charge is -2.14. The number of anilines is 1. The Morgan fingerprint density at radius 2 is 2.14 bits per heavy atom. The molecule has 0 fully saturated rings. The molecule has 4 heteroatoms. The van der Waals surface area contributed by atoms with Crippen molar-refractivity contribution < 1.29 is 4.79 Å². The van der Waals surface area contributed by atoms with Crippen LogP contribution in [0.5, 0.6) is 0 Å². The lowest BCUT2D eigenvalue weighted by Crippen LogP contribution is -2.25. The molecule has 0 bridgehead atoms. The van der Waals surface area contributed by atoms with Gasteiger partial charge in [-0.05, 0) is 41.8 Å². The fourth-order valence-electron chi connectivity index (χ4n) is 3.41. The third-order valence-electron chi connectivity index (χ3n) is 4.50. The smallest absolute Gasteiger partial charge is 0.231 e. The molecule has 1 amide bonds. The topological polar surface area (TPSA) is 48.1 Å². The van der Waals surface area contributed by atoms with Crippen LogP contribution in [0, 0.1) is 0 Å². The summed E-state index contributed by atoms with van der Waals surface area (Å²) in [5.74, 6) is 0.208. The standard InChI is InChI=1S/C17H19N3O/c1-2-20-16-4-3-11(7-12(16)9-17(20)21)15-8-13-10-18-6-5-14(13)19-15/h3-4,7-8,18-19H,2,5-6,9-10H2,1H3. The monoisotopic (exact) mass is 281 g/mol. The van der Waals surface area contributed by atoms with Crippen LogP contribution in [0.15, 0.2) is 24.3 Å². The largest absolute Gasteiger partial charge is 0.358 e. The Kier molecular flexibility index (Phi) is 2.86. The molecule has 0 atom stereocenters. The zero-order valence-corrected chi connectivity index (χ0v) is 12.2. The molecule has 0 radical (unpaired) electrons. The summed E-state index contributed by atoms with van der Waals surface area (Å²) in [5, 5.41) is 3.40. The van der Waals surface area contributed by atoms with Gasteiger partial charge in [-0.2, -0.15) is 0 Å². The molecule has 2 aliphatic heterocycles. The Balaban J connectivity index is 1.73. The van der Waals surface area contributed by atoms with Crippen LogP contribution in [0.25, 0.3) is 11.3 Å². The van der Waals surface area contributed by atoms with Gasteiger partial charge in [-0.25, -0.2) is 0 Å². The minimum atomic E-state index is 0.208. The highest BCUT2D eigenvalue weighted by Gasteiger charge is 2.26. The van der Waals surface area contributed by atoms with Crippen molar-refractivity contribution in [3.05, 3.63) is 41.1 Å². The van der Waals surface area contributed by atoms with Crippen molar-refractivity contribution in [2.75, 3.05) is 18.0 Å². The van der Waals surface area contributed by atoms with Crippen LogP contribution in [-0.4, -0.2) is 24.0 Å². The fourth-order valence-corrected chi connectivity index (χ4v) is 3.41. The lowest BCUT2D eigenvalue weighted by molar-refractivity contribution is -0.117. The van der Waals surface area contributed by atoms with Gasteiger partial charge in [0, 0.05) is 43.1 Å². The number of carbonyl (C=O) groups excluding carboxylic acids is 1. The number of hydrogen-bond acceptors (Lipinski definition) is 2. The van der Waals surface area contributed by atoms with Crippen LogP contribution in [0.2, 0.25) is 0 Å². The molecule has 0 aliphatic carbocycles. The molecule has 0 saturated carbocycles. The zero-order chi connectivity index (χ0) is 14.4. The molecule has 2 aromatic rings. The average Bonchev–Trinajstić information content (AvgIpc) is 3.05. The van der Waals surface area contributed by atoms with E-state index >= 15 is 0 Å². The van der Waals surface area contributed by atoms with Crippen molar-refractivity contribution in [1.29, 1.82) is 0 Å². The van der Waals surface area contributed by atoms with Crippen LogP contribution in [0.3, 0.4) is 0 Å². The van der Waals surface area contributed by atoms with E-state index in [-0.39, 0.29) is 5.91 Å². The molecular formula is C17H19N3O. The minimum Gasteiger partial charge on any atom is -0.358 e. The first-order valence-corrected chi connectivity index (χ1v) is 7.61. The van der Waals surface area contributed by atoms with Gasteiger partial charge in [0.2, 0.25) is 5.91 Å². The average molecular weight is 281 g/mol. The maximum Gasteiger partial charge on any atom is 0.231 e. The molecule has 4 nitrogen and oxygen atoms in total. The van der Waals surface area contributed by atoms with E-state index in [9.17, 15) is 4.79 Å². The van der Waals surface area contributed by atoms with Crippen molar-refractivity contribution in [1.82, 2.24) is 10.3 Å². The summed E-state index contributed by atoms with van der Waals surface area (Å²) in [4.78, 5) is 17.4. The number of benzene rings is 1. The van der Waals surface area contributed by atoms with E-state index in [1.807, 2.05) is 11.8 Å². The quantitative estimate of drug-likeness (QED) is 0.887. The number of H-pyrrole nitrogens is 1. The van der Waals surface area contributed by atoms with Crippen LogP contribution in [0.1, 0.15) is 23.7 Å². The summed E-state index contributed by atoms with van der Waals surface area (Å²) in [6.07, 6.45) is 1.58. The lowest BCUT2D eigenvalue weighted by atomic mass is 10.1. The van der Waals surface area contributed by atoms with Gasteiger partial charge in [0.25, 0.3) is 0 Å². The predicted octanol–water partition coefficient (Wildman–Crippen LogP) is 2.24. The third-order valence-corrected chi connectivity index (χ3v) is 4.50. The van der Waals surface area contributed by atoms with Crippen molar-refractivity contribution in [2.45, 2.75) is 26.3 Å². The Labute approximate surface area is 124 Å². The second-order valence-corrected chi connectivity index (χ2v) is 5.77. The zero-order valence-electron chi connectivity index (χ0n) is 12.2. The van der Waals surface area contributed by atoms with Crippen LogP contribution >= 0.6 is 0 Å². The summed E-state index contributed by atoms with van der Waals surface area (Å²) >= 11 is 0. The van der Waals surface area contributed by atoms with Crippen LogP contribution in [0.4, 0.5) is 5.69 Å². The first kappa shape index (κ1) is 12.7. The molecule has 0 unspecified atom stereocenters. The molecule has 1 aromatic heterocycles. The highest BCUT2D eigenvalue weighted by molar-refractivity contribution is 6.01. The van der Waals surface area contributed by atoms with E-state index in [4.69, 9.17) is 0 Å². The van der Waals surface area contributed by atoms with Crippen molar-refractivity contribution in [3.63, 3.8) is 0 Å². The van der Waals surface area contributed by atoms with E-state index in [2.05, 4.69) is 34.6 Å². The van der Waals surface area contributed by atoms with Gasteiger partial charge in [0.15, 0.2) is 0 Å². The SMILES string of the molecule is CCN1C(=O)Cc2cc(-c3cc4c([nH]3)CCNC4)ccc21. The highest BCUT2D eigenvalue weighted by Crippen LogP contribution is 2.33. The number of likely N-dealkylation sites (N-methyl/N-ethyl adjacent to an activating group) is 1. The van der Waals surface area contributed by atoms with E-state index in [1.54, 1.807) is 0 Å². The molecule has 108 valence electrons. The van der Waals surface area contributed by atoms with Gasteiger partial charge < -0.3 is 15.2 Å². The number of aromatic nitrogens is 1. The van der Waals surface area contributed by atoms with E-state index in [0.29, 0.717) is 6.42 Å². The number of nitrogens with zero attached hydrogens (tertiary/aromatic N) is 1. The minimum absolute atomic E-state index is 0.208. The maximum atomic E-state index is 12.0. The first-order valence-electron chi connectivity index (χ1n) is 7.61. The molecule has 2 aliphatic rings. The summed E-state index contributed by atoms with van der Waals surface area (Å²) in [6, 6.07) is 8.59. The number of rotatable bonds is 2. The summed E-state index contributed by atoms with van der Waals surface area (Å²) in [6.45, 7) is 4.75. The van der Waals surface area contributed by atoms with Crippen LogP contribution in [-0.2, 0) is 24.2 Å². The Morgan fingerprint density at radius 1 is 1.24 bits per heavy atom. The summed E-state index contributed by atoms with van der Waals surface area (Å²) in [7, 11) is 0. The number of aromatic amines is 1. The molecule has 2 N–H and O–H groups in total. The van der Waals surface area contributed by atoms with Crippen molar-refractivity contribution >= 4 is 11.6 Å². The molecule has 4 rings (SSSR count). The Bertz CT molecular complexity index is 693. The van der Waals surface area contributed by atoms with Crippen LogP contribution < -0.4 is 10.2 Å². The molecular weight excluding hydrogens is 262 g/mol. The Morgan fingerprint density at radius 3 is 2.95 bits per heavy atom. The predicted molar refractivity (Wildman–Crippen MR) is 83.4 cm³/mol. The Hall–Kier alpha value is -2.07. The molecule has 21 heavy (non-hydrogen) atoms. The van der Waals surface area contributed by atoms with Gasteiger partial charge in [0.1, 0.15) is 0 Å². The number of nitrogens with one attached hydrogen (secondary N) is 2. The highest BCUT2D eigenvalue weighted by atomic mass is 16.2. The first-order chi connectivity index (χ1) is 10.3. The number of amides is 1. The van der Waals surface area contributed by atoms with Crippen molar-refractivity contribution in [3.8, 4) is 11.3 Å². The van der Waals surface area contributed by atoms with Gasteiger partial charge in [-0.3, -0.25) is 4.79 Å². The summed E-state index contributed by atoms with van der Waals surface area (Å²) in [5.41, 5.74) is 7.26. The van der Waals surface area contributed by atoms with Gasteiger partial charge in [-0.1, -0.05) is 6.07 Å². The van der Waals surface area contributed by atoms with E-state index < -0.39 is 0 Å². The van der Waals surface area contributed by atoms with Gasteiger partial charge in [0.05, 0.1) is 6.42 Å². The number of hydrogen-bond donors (Lipinski definition) is 2. The summed E-state index contributed by atoms with van der Waals surface area (Å²) < 4.78 is 0. The second-order valence-electron chi connectivity index (χ2n) is 5.77. The van der Waals surface area contributed by atoms with E-state index in [1.165, 1.54) is 16.8 Å². The molecule has 3 heterocycles. The number of fused-ring (bicyclic) bond motifs is 2.